The predicted octanol–water partition coefficient (Wildman–Crippen LogP) is 3.44. The fourth-order valence-corrected chi connectivity index (χ4v) is 2.60. The SMILES string of the molecule is O=C(O)c1ccc(COc2cccc3c2CCCC3)o1. The van der Waals surface area contributed by atoms with E-state index in [1.54, 1.807) is 6.07 Å². The van der Waals surface area contributed by atoms with Gasteiger partial charge in [-0.1, -0.05) is 12.1 Å². The summed E-state index contributed by atoms with van der Waals surface area (Å²) in [4.78, 5) is 10.7. The largest absolute Gasteiger partial charge is 0.485 e. The van der Waals surface area contributed by atoms with E-state index in [2.05, 4.69) is 6.07 Å². The maximum absolute atomic E-state index is 10.7. The summed E-state index contributed by atoms with van der Waals surface area (Å²) in [6.07, 6.45) is 4.58. The van der Waals surface area contributed by atoms with E-state index >= 15 is 0 Å². The number of aryl methyl sites for hydroxylation is 1. The average molecular weight is 272 g/mol. The molecule has 4 heteroatoms. The Morgan fingerprint density at radius 1 is 1.20 bits per heavy atom. The van der Waals surface area contributed by atoms with Crippen LogP contribution in [0, 0.1) is 0 Å². The Bertz CT molecular complexity index is 627. The maximum atomic E-state index is 10.7. The van der Waals surface area contributed by atoms with Gasteiger partial charge < -0.3 is 14.3 Å². The molecule has 0 radical (unpaired) electrons. The van der Waals surface area contributed by atoms with Gasteiger partial charge in [0.2, 0.25) is 5.76 Å². The van der Waals surface area contributed by atoms with Gasteiger partial charge in [0.05, 0.1) is 0 Å². The topological polar surface area (TPSA) is 59.7 Å². The molecular weight excluding hydrogens is 256 g/mol. The maximum Gasteiger partial charge on any atom is 0.371 e. The van der Waals surface area contributed by atoms with Crippen molar-refractivity contribution in [3.05, 3.63) is 53.0 Å². The Kier molecular flexibility index (Phi) is 3.46. The number of rotatable bonds is 4. The van der Waals surface area contributed by atoms with Crippen LogP contribution in [0.15, 0.2) is 34.7 Å². The highest BCUT2D eigenvalue weighted by Crippen LogP contribution is 2.30. The number of carboxylic acids is 1. The van der Waals surface area contributed by atoms with E-state index in [0.29, 0.717) is 5.76 Å². The lowest BCUT2D eigenvalue weighted by Crippen LogP contribution is -2.06. The van der Waals surface area contributed by atoms with Crippen molar-refractivity contribution < 1.29 is 19.1 Å². The van der Waals surface area contributed by atoms with Crippen molar-refractivity contribution in [1.29, 1.82) is 0 Å². The van der Waals surface area contributed by atoms with Crippen molar-refractivity contribution in [2.45, 2.75) is 32.3 Å². The molecule has 0 saturated carbocycles. The van der Waals surface area contributed by atoms with Gasteiger partial charge in [0, 0.05) is 0 Å². The number of ether oxygens (including phenoxy) is 1. The number of aromatic carboxylic acids is 1. The highest BCUT2D eigenvalue weighted by molar-refractivity contribution is 5.84. The molecule has 4 nitrogen and oxygen atoms in total. The molecule has 1 aromatic carbocycles. The molecule has 1 N–H and O–H groups in total. The molecule has 1 aliphatic rings. The van der Waals surface area contributed by atoms with E-state index in [4.69, 9.17) is 14.3 Å². The summed E-state index contributed by atoms with van der Waals surface area (Å²) >= 11 is 0. The number of hydrogen-bond donors (Lipinski definition) is 1. The molecule has 0 unspecified atom stereocenters. The third-order valence-electron chi connectivity index (χ3n) is 3.60. The lowest BCUT2D eigenvalue weighted by molar-refractivity contribution is 0.0658. The van der Waals surface area contributed by atoms with Gasteiger partial charge >= 0.3 is 5.97 Å². The molecule has 0 bridgehead atoms. The standard InChI is InChI=1S/C16H16O4/c17-16(18)15-9-8-12(20-15)10-19-14-7-3-5-11-4-1-2-6-13(11)14/h3,5,7-9H,1-2,4,6,10H2,(H,17,18). The molecule has 20 heavy (non-hydrogen) atoms. The minimum atomic E-state index is -1.06. The minimum Gasteiger partial charge on any atom is -0.485 e. The summed E-state index contributed by atoms with van der Waals surface area (Å²) < 4.78 is 11.0. The van der Waals surface area contributed by atoms with Crippen molar-refractivity contribution in [2.75, 3.05) is 0 Å². The second kappa shape index (κ2) is 5.41. The van der Waals surface area contributed by atoms with Gasteiger partial charge in [-0.05, 0) is 55.0 Å². The van der Waals surface area contributed by atoms with Crippen molar-refractivity contribution in [2.24, 2.45) is 0 Å². The van der Waals surface area contributed by atoms with Crippen LogP contribution >= 0.6 is 0 Å². The fraction of sp³-hybridized carbons (Fsp3) is 0.312. The highest BCUT2D eigenvalue weighted by Gasteiger charge is 2.14. The molecule has 0 saturated heterocycles. The number of furan rings is 1. The average Bonchev–Trinajstić information content (AvgIpc) is 2.94. The van der Waals surface area contributed by atoms with Crippen LogP contribution in [-0.4, -0.2) is 11.1 Å². The lowest BCUT2D eigenvalue weighted by Gasteiger charge is -2.19. The van der Waals surface area contributed by atoms with Gasteiger partial charge in [0.15, 0.2) is 0 Å². The van der Waals surface area contributed by atoms with Gasteiger partial charge in [-0.15, -0.1) is 0 Å². The zero-order valence-electron chi connectivity index (χ0n) is 11.1. The fourth-order valence-electron chi connectivity index (χ4n) is 2.60. The van der Waals surface area contributed by atoms with Crippen LogP contribution in [0.2, 0.25) is 0 Å². The molecule has 0 aliphatic heterocycles. The summed E-state index contributed by atoms with van der Waals surface area (Å²) in [6.45, 7) is 0.254. The number of carbonyl (C=O) groups is 1. The molecule has 1 aromatic heterocycles. The molecule has 3 rings (SSSR count). The summed E-state index contributed by atoms with van der Waals surface area (Å²) in [7, 11) is 0. The minimum absolute atomic E-state index is 0.0568. The summed E-state index contributed by atoms with van der Waals surface area (Å²) in [6, 6.07) is 9.20. The molecule has 1 aliphatic carbocycles. The Morgan fingerprint density at radius 2 is 2.05 bits per heavy atom. The molecule has 104 valence electrons. The van der Waals surface area contributed by atoms with Crippen molar-refractivity contribution in [3.8, 4) is 5.75 Å². The highest BCUT2D eigenvalue weighted by atomic mass is 16.5. The van der Waals surface area contributed by atoms with Crippen LogP contribution in [0.1, 0.15) is 40.3 Å². The van der Waals surface area contributed by atoms with Gasteiger partial charge in [-0.25, -0.2) is 4.79 Å². The molecule has 1 heterocycles. The molecule has 0 spiro atoms. The number of hydrogen-bond acceptors (Lipinski definition) is 3. The smallest absolute Gasteiger partial charge is 0.371 e. The van der Waals surface area contributed by atoms with Crippen LogP contribution in [0.4, 0.5) is 0 Å². The first-order valence-electron chi connectivity index (χ1n) is 6.79. The zero-order valence-corrected chi connectivity index (χ0v) is 11.1. The molecular formula is C16H16O4. The predicted molar refractivity (Wildman–Crippen MR) is 73.1 cm³/mol. The molecule has 0 amide bonds. The Morgan fingerprint density at radius 3 is 2.85 bits per heavy atom. The first kappa shape index (κ1) is 12.8. The number of carboxylic acid groups (broad SMARTS) is 1. The zero-order chi connectivity index (χ0) is 13.9. The number of benzene rings is 1. The lowest BCUT2D eigenvalue weighted by atomic mass is 9.91. The first-order valence-corrected chi connectivity index (χ1v) is 6.79. The Balaban J connectivity index is 1.73. The summed E-state index contributed by atoms with van der Waals surface area (Å²) in [5.74, 6) is 0.290. The third-order valence-corrected chi connectivity index (χ3v) is 3.60. The van der Waals surface area contributed by atoms with E-state index in [0.717, 1.165) is 18.6 Å². The first-order chi connectivity index (χ1) is 9.74. The second-order valence-electron chi connectivity index (χ2n) is 4.96. The van der Waals surface area contributed by atoms with Crippen LogP contribution in [0.3, 0.4) is 0 Å². The Labute approximate surface area is 117 Å². The van der Waals surface area contributed by atoms with E-state index in [1.165, 1.54) is 30.0 Å². The summed E-state index contributed by atoms with van der Waals surface area (Å²) in [5, 5.41) is 8.81. The monoisotopic (exact) mass is 272 g/mol. The molecule has 2 aromatic rings. The Hall–Kier alpha value is -2.23. The van der Waals surface area contributed by atoms with Gasteiger partial charge in [0.25, 0.3) is 0 Å². The second-order valence-corrected chi connectivity index (χ2v) is 4.96. The van der Waals surface area contributed by atoms with E-state index in [9.17, 15) is 4.79 Å². The van der Waals surface area contributed by atoms with Gasteiger partial charge in [0.1, 0.15) is 18.1 Å². The van der Waals surface area contributed by atoms with Crippen LogP contribution in [0.25, 0.3) is 0 Å². The van der Waals surface area contributed by atoms with E-state index < -0.39 is 5.97 Å². The molecule has 0 fully saturated rings. The van der Waals surface area contributed by atoms with Crippen LogP contribution < -0.4 is 4.74 Å². The normalized spacial score (nSPS) is 13.8. The quantitative estimate of drug-likeness (QED) is 0.926. The van der Waals surface area contributed by atoms with Crippen molar-refractivity contribution >= 4 is 5.97 Å². The van der Waals surface area contributed by atoms with Gasteiger partial charge in [-0.3, -0.25) is 0 Å². The van der Waals surface area contributed by atoms with Crippen molar-refractivity contribution in [3.63, 3.8) is 0 Å². The van der Waals surface area contributed by atoms with Gasteiger partial charge in [-0.2, -0.15) is 0 Å². The van der Waals surface area contributed by atoms with Crippen molar-refractivity contribution in [1.82, 2.24) is 0 Å². The summed E-state index contributed by atoms with van der Waals surface area (Å²) in [5.41, 5.74) is 2.64. The molecule has 0 atom stereocenters. The third kappa shape index (κ3) is 2.54. The van der Waals surface area contributed by atoms with Crippen LogP contribution in [-0.2, 0) is 19.4 Å². The van der Waals surface area contributed by atoms with Crippen LogP contribution in [0.5, 0.6) is 5.75 Å². The van der Waals surface area contributed by atoms with E-state index in [1.807, 2.05) is 12.1 Å². The number of fused-ring (bicyclic) bond motifs is 1. The van der Waals surface area contributed by atoms with E-state index in [-0.39, 0.29) is 12.4 Å².